The van der Waals surface area contributed by atoms with Gasteiger partial charge in [-0.3, -0.25) is 0 Å². The van der Waals surface area contributed by atoms with E-state index in [0.717, 1.165) is 11.0 Å². The minimum Gasteiger partial charge on any atom is -0.381 e. The van der Waals surface area contributed by atoms with E-state index in [-0.39, 0.29) is 0 Å². The quantitative estimate of drug-likeness (QED) is 0.751. The molecule has 0 aromatic heterocycles. The molecule has 0 aliphatic heterocycles. The standard InChI is InChI=1S/C17H20BrN/c1-2-3-6-14-9-11-16(12-10-14)19-13-15-7-4-5-8-17(15)18/h4-5,7-12,19H,2-3,6,13H2,1H3. The molecule has 2 aromatic carbocycles. The molecule has 2 rings (SSSR count). The average Bonchev–Trinajstić information content (AvgIpc) is 2.45. The lowest BCUT2D eigenvalue weighted by atomic mass is 10.1. The fourth-order valence-corrected chi connectivity index (χ4v) is 2.43. The van der Waals surface area contributed by atoms with Gasteiger partial charge in [0.1, 0.15) is 0 Å². The predicted molar refractivity (Wildman–Crippen MR) is 86.5 cm³/mol. The lowest BCUT2D eigenvalue weighted by Crippen LogP contribution is -2.00. The maximum Gasteiger partial charge on any atom is 0.0411 e. The Kier molecular flexibility index (Phi) is 5.46. The van der Waals surface area contributed by atoms with Crippen molar-refractivity contribution in [1.29, 1.82) is 0 Å². The van der Waals surface area contributed by atoms with Gasteiger partial charge in [0.05, 0.1) is 0 Å². The van der Waals surface area contributed by atoms with E-state index < -0.39 is 0 Å². The summed E-state index contributed by atoms with van der Waals surface area (Å²) in [5, 5.41) is 3.46. The Balaban J connectivity index is 1.91. The summed E-state index contributed by atoms with van der Waals surface area (Å²) >= 11 is 3.57. The number of halogens is 1. The summed E-state index contributed by atoms with van der Waals surface area (Å²) in [7, 11) is 0. The van der Waals surface area contributed by atoms with Crippen molar-refractivity contribution in [3.8, 4) is 0 Å². The van der Waals surface area contributed by atoms with E-state index >= 15 is 0 Å². The number of aryl methyl sites for hydroxylation is 1. The average molecular weight is 318 g/mol. The van der Waals surface area contributed by atoms with Gasteiger partial charge in [0.25, 0.3) is 0 Å². The Labute approximate surface area is 124 Å². The molecule has 0 spiro atoms. The molecule has 0 aliphatic carbocycles. The van der Waals surface area contributed by atoms with Gasteiger partial charge in [0.2, 0.25) is 0 Å². The van der Waals surface area contributed by atoms with Crippen molar-refractivity contribution in [3.05, 3.63) is 64.1 Å². The Hall–Kier alpha value is -1.28. The smallest absolute Gasteiger partial charge is 0.0411 e. The molecule has 2 heteroatoms. The van der Waals surface area contributed by atoms with Crippen LogP contribution in [0.2, 0.25) is 0 Å². The van der Waals surface area contributed by atoms with E-state index in [0.29, 0.717) is 0 Å². The molecule has 0 heterocycles. The lowest BCUT2D eigenvalue weighted by molar-refractivity contribution is 0.795. The minimum absolute atomic E-state index is 0.843. The fraction of sp³-hybridized carbons (Fsp3) is 0.294. The Morgan fingerprint density at radius 1 is 1.00 bits per heavy atom. The number of anilines is 1. The number of unbranched alkanes of at least 4 members (excludes halogenated alkanes) is 1. The third-order valence-corrected chi connectivity index (χ3v) is 3.99. The van der Waals surface area contributed by atoms with Crippen molar-refractivity contribution in [2.75, 3.05) is 5.32 Å². The first-order valence-electron chi connectivity index (χ1n) is 6.86. The van der Waals surface area contributed by atoms with Gasteiger partial charge >= 0.3 is 0 Å². The molecule has 1 nitrogen and oxygen atoms in total. The third-order valence-electron chi connectivity index (χ3n) is 3.21. The zero-order chi connectivity index (χ0) is 13.5. The summed E-state index contributed by atoms with van der Waals surface area (Å²) in [4.78, 5) is 0. The van der Waals surface area contributed by atoms with Gasteiger partial charge in [-0.05, 0) is 42.2 Å². The highest BCUT2D eigenvalue weighted by Crippen LogP contribution is 2.18. The van der Waals surface area contributed by atoms with Gasteiger partial charge in [-0.25, -0.2) is 0 Å². The summed E-state index contributed by atoms with van der Waals surface area (Å²) in [6.45, 7) is 3.07. The van der Waals surface area contributed by atoms with Crippen LogP contribution in [-0.4, -0.2) is 0 Å². The second kappa shape index (κ2) is 7.34. The third kappa shape index (κ3) is 4.39. The van der Waals surface area contributed by atoms with Crippen molar-refractivity contribution >= 4 is 21.6 Å². The van der Waals surface area contributed by atoms with Crippen molar-refractivity contribution in [2.45, 2.75) is 32.7 Å². The zero-order valence-corrected chi connectivity index (χ0v) is 12.9. The highest BCUT2D eigenvalue weighted by molar-refractivity contribution is 9.10. The van der Waals surface area contributed by atoms with Gasteiger partial charge in [-0.1, -0.05) is 59.6 Å². The molecule has 0 fully saturated rings. The minimum atomic E-state index is 0.843. The van der Waals surface area contributed by atoms with Crippen molar-refractivity contribution in [2.24, 2.45) is 0 Å². The van der Waals surface area contributed by atoms with Crippen LogP contribution < -0.4 is 5.32 Å². The molecule has 0 radical (unpaired) electrons. The van der Waals surface area contributed by atoms with Crippen LogP contribution in [0.5, 0.6) is 0 Å². The van der Waals surface area contributed by atoms with E-state index in [4.69, 9.17) is 0 Å². The molecule has 0 atom stereocenters. The van der Waals surface area contributed by atoms with Crippen LogP contribution in [0.25, 0.3) is 0 Å². The Morgan fingerprint density at radius 2 is 1.74 bits per heavy atom. The van der Waals surface area contributed by atoms with Crippen LogP contribution in [0, 0.1) is 0 Å². The van der Waals surface area contributed by atoms with E-state index in [1.165, 1.54) is 36.1 Å². The molecule has 1 N–H and O–H groups in total. The molecule has 19 heavy (non-hydrogen) atoms. The van der Waals surface area contributed by atoms with Crippen LogP contribution in [-0.2, 0) is 13.0 Å². The molecule has 0 unspecified atom stereocenters. The summed E-state index contributed by atoms with van der Waals surface area (Å²) in [6.07, 6.45) is 3.70. The molecular formula is C17H20BrN. The first kappa shape index (κ1) is 14.1. The summed E-state index contributed by atoms with van der Waals surface area (Å²) in [5.41, 5.74) is 3.88. The summed E-state index contributed by atoms with van der Waals surface area (Å²) in [6, 6.07) is 17.1. The first-order chi connectivity index (χ1) is 9.29. The topological polar surface area (TPSA) is 12.0 Å². The number of nitrogens with one attached hydrogen (secondary N) is 1. The molecule has 0 saturated heterocycles. The van der Waals surface area contributed by atoms with Crippen LogP contribution in [0.15, 0.2) is 53.0 Å². The van der Waals surface area contributed by atoms with E-state index in [2.05, 4.69) is 70.6 Å². The monoisotopic (exact) mass is 317 g/mol. The molecular weight excluding hydrogens is 298 g/mol. The maximum absolute atomic E-state index is 3.57. The maximum atomic E-state index is 3.57. The highest BCUT2D eigenvalue weighted by Gasteiger charge is 1.99. The van der Waals surface area contributed by atoms with Crippen molar-refractivity contribution in [1.82, 2.24) is 0 Å². The van der Waals surface area contributed by atoms with Gasteiger partial charge in [0.15, 0.2) is 0 Å². The van der Waals surface area contributed by atoms with E-state index in [9.17, 15) is 0 Å². The van der Waals surface area contributed by atoms with Gasteiger partial charge in [-0.15, -0.1) is 0 Å². The Bertz CT molecular complexity index is 505. The second-order valence-corrected chi connectivity index (χ2v) is 5.60. The highest BCUT2D eigenvalue weighted by atomic mass is 79.9. The SMILES string of the molecule is CCCCc1ccc(NCc2ccccc2Br)cc1. The fourth-order valence-electron chi connectivity index (χ4n) is 2.01. The number of benzene rings is 2. The largest absolute Gasteiger partial charge is 0.381 e. The van der Waals surface area contributed by atoms with E-state index in [1.807, 2.05) is 6.07 Å². The van der Waals surface area contributed by atoms with Gasteiger partial charge in [0, 0.05) is 16.7 Å². The van der Waals surface area contributed by atoms with Crippen LogP contribution in [0.4, 0.5) is 5.69 Å². The normalized spacial score (nSPS) is 10.4. The van der Waals surface area contributed by atoms with Crippen LogP contribution >= 0.6 is 15.9 Å². The molecule has 100 valence electrons. The first-order valence-corrected chi connectivity index (χ1v) is 7.65. The summed E-state index contributed by atoms with van der Waals surface area (Å²) in [5.74, 6) is 0. The van der Waals surface area contributed by atoms with Crippen molar-refractivity contribution in [3.63, 3.8) is 0 Å². The molecule has 0 saturated carbocycles. The Morgan fingerprint density at radius 3 is 2.42 bits per heavy atom. The summed E-state index contributed by atoms with van der Waals surface area (Å²) < 4.78 is 1.15. The number of hydrogen-bond donors (Lipinski definition) is 1. The molecule has 2 aromatic rings. The van der Waals surface area contributed by atoms with Gasteiger partial charge in [-0.2, -0.15) is 0 Å². The zero-order valence-electron chi connectivity index (χ0n) is 11.3. The second-order valence-electron chi connectivity index (χ2n) is 4.75. The van der Waals surface area contributed by atoms with Crippen LogP contribution in [0.3, 0.4) is 0 Å². The predicted octanol–water partition coefficient (Wildman–Crippen LogP) is 5.40. The molecule has 0 amide bonds. The van der Waals surface area contributed by atoms with Crippen LogP contribution in [0.1, 0.15) is 30.9 Å². The van der Waals surface area contributed by atoms with Crippen molar-refractivity contribution < 1.29 is 0 Å². The number of hydrogen-bond acceptors (Lipinski definition) is 1. The number of rotatable bonds is 6. The lowest BCUT2D eigenvalue weighted by Gasteiger charge is -2.09. The van der Waals surface area contributed by atoms with E-state index in [1.54, 1.807) is 0 Å². The van der Waals surface area contributed by atoms with Gasteiger partial charge < -0.3 is 5.32 Å². The molecule has 0 bridgehead atoms. The molecule has 0 aliphatic rings.